The number of hydrogen-bond donors (Lipinski definition) is 1. The Morgan fingerprint density at radius 3 is 2.58 bits per heavy atom. The van der Waals surface area contributed by atoms with Gasteiger partial charge in [-0.3, -0.25) is 0 Å². The molecule has 1 N–H and O–H groups in total. The van der Waals surface area contributed by atoms with E-state index in [0.717, 1.165) is 30.9 Å². The van der Waals surface area contributed by atoms with Crippen molar-refractivity contribution in [1.29, 1.82) is 0 Å². The first-order valence-corrected chi connectivity index (χ1v) is 7.36. The van der Waals surface area contributed by atoms with Crippen LogP contribution in [0.25, 0.3) is 0 Å². The summed E-state index contributed by atoms with van der Waals surface area (Å²) < 4.78 is 5.90. The minimum absolute atomic E-state index is 0.382. The molecule has 1 aromatic rings. The number of hydrogen-bond acceptors (Lipinski definition) is 4. The highest BCUT2D eigenvalue weighted by molar-refractivity contribution is 5.47. The van der Waals surface area contributed by atoms with Gasteiger partial charge in [-0.05, 0) is 46.0 Å². The monoisotopic (exact) mass is 263 g/mol. The van der Waals surface area contributed by atoms with Gasteiger partial charge in [0.2, 0.25) is 0 Å². The first-order valence-electron chi connectivity index (χ1n) is 7.36. The lowest BCUT2D eigenvalue weighted by atomic mass is 9.95. The predicted octanol–water partition coefficient (Wildman–Crippen LogP) is 3.06. The molecule has 4 nitrogen and oxygen atoms in total. The molecule has 0 aliphatic heterocycles. The van der Waals surface area contributed by atoms with Gasteiger partial charge >= 0.3 is 0 Å². The summed E-state index contributed by atoms with van der Waals surface area (Å²) in [4.78, 5) is 9.53. The number of fused-ring (bicyclic) bond motifs is 1. The summed E-state index contributed by atoms with van der Waals surface area (Å²) in [6.07, 6.45) is 5.49. The Balaban J connectivity index is 2.46. The van der Waals surface area contributed by atoms with Crippen LogP contribution in [0.3, 0.4) is 0 Å². The van der Waals surface area contributed by atoms with Gasteiger partial charge in [-0.2, -0.15) is 0 Å². The van der Waals surface area contributed by atoms with Crippen molar-refractivity contribution in [3.63, 3.8) is 0 Å². The van der Waals surface area contributed by atoms with Crippen LogP contribution in [0.1, 0.15) is 57.1 Å². The lowest BCUT2D eigenvalue weighted by molar-refractivity contribution is -0.0391. The highest BCUT2D eigenvalue weighted by Crippen LogP contribution is 2.31. The molecule has 1 unspecified atom stereocenters. The Morgan fingerprint density at radius 2 is 1.95 bits per heavy atom. The molecule has 1 aliphatic rings. The molecule has 2 rings (SSSR count). The molecule has 0 fully saturated rings. The van der Waals surface area contributed by atoms with Crippen LogP contribution in [-0.2, 0) is 23.2 Å². The smallest absolute Gasteiger partial charge is 0.162 e. The average Bonchev–Trinajstić information content (AvgIpc) is 2.46. The predicted molar refractivity (Wildman–Crippen MR) is 77.5 cm³/mol. The van der Waals surface area contributed by atoms with Crippen LogP contribution in [0.2, 0.25) is 0 Å². The van der Waals surface area contributed by atoms with Crippen LogP contribution in [0, 0.1) is 0 Å². The molecule has 1 atom stereocenters. The van der Waals surface area contributed by atoms with E-state index in [-0.39, 0.29) is 5.60 Å². The third kappa shape index (κ3) is 2.73. The number of anilines is 1. The molecule has 0 amide bonds. The van der Waals surface area contributed by atoms with Crippen molar-refractivity contribution < 1.29 is 4.74 Å². The largest absolute Gasteiger partial charge is 0.373 e. The zero-order valence-corrected chi connectivity index (χ0v) is 12.5. The van der Waals surface area contributed by atoms with Crippen molar-refractivity contribution in [1.82, 2.24) is 9.97 Å². The fourth-order valence-electron chi connectivity index (χ4n) is 2.68. The first-order chi connectivity index (χ1) is 9.14. The van der Waals surface area contributed by atoms with Gasteiger partial charge < -0.3 is 10.1 Å². The van der Waals surface area contributed by atoms with Gasteiger partial charge in [-0.1, -0.05) is 6.92 Å². The Hall–Kier alpha value is -1.16. The van der Waals surface area contributed by atoms with E-state index in [2.05, 4.69) is 19.2 Å². The lowest BCUT2D eigenvalue weighted by Crippen LogP contribution is -2.29. The SMILES string of the molecule is CCOC(C)(CC)c1nc2c(c(NC)n1)CCCC2. The Bertz CT molecular complexity index is 430. The second-order valence-electron chi connectivity index (χ2n) is 5.30. The molecule has 0 radical (unpaired) electrons. The molecule has 1 aromatic heterocycles. The zero-order chi connectivity index (χ0) is 13.9. The van der Waals surface area contributed by atoms with Gasteiger partial charge in [0.25, 0.3) is 0 Å². The highest BCUT2D eigenvalue weighted by Gasteiger charge is 2.30. The lowest BCUT2D eigenvalue weighted by Gasteiger charge is -2.29. The minimum atomic E-state index is -0.382. The van der Waals surface area contributed by atoms with Crippen LogP contribution in [0.15, 0.2) is 0 Å². The first kappa shape index (κ1) is 14.3. The molecule has 0 saturated carbocycles. The molecule has 4 heteroatoms. The highest BCUT2D eigenvalue weighted by atomic mass is 16.5. The van der Waals surface area contributed by atoms with Crippen molar-refractivity contribution >= 4 is 5.82 Å². The molecular weight excluding hydrogens is 238 g/mol. The maximum Gasteiger partial charge on any atom is 0.162 e. The van der Waals surface area contributed by atoms with Gasteiger partial charge in [0.05, 0.1) is 0 Å². The van der Waals surface area contributed by atoms with E-state index in [1.165, 1.54) is 24.1 Å². The van der Waals surface area contributed by atoms with Crippen molar-refractivity contribution in [2.75, 3.05) is 19.0 Å². The van der Waals surface area contributed by atoms with Crippen LogP contribution in [-0.4, -0.2) is 23.6 Å². The van der Waals surface area contributed by atoms with Crippen molar-refractivity contribution in [3.8, 4) is 0 Å². The van der Waals surface area contributed by atoms with Crippen LogP contribution >= 0.6 is 0 Å². The van der Waals surface area contributed by atoms with Gasteiger partial charge in [0.15, 0.2) is 5.82 Å². The van der Waals surface area contributed by atoms with Gasteiger partial charge in [-0.15, -0.1) is 0 Å². The minimum Gasteiger partial charge on any atom is -0.373 e. The number of aromatic nitrogens is 2. The van der Waals surface area contributed by atoms with E-state index in [1.54, 1.807) is 0 Å². The number of nitrogens with zero attached hydrogens (tertiary/aromatic N) is 2. The summed E-state index contributed by atoms with van der Waals surface area (Å²) in [5.74, 6) is 1.81. The second kappa shape index (κ2) is 5.87. The topological polar surface area (TPSA) is 47.0 Å². The van der Waals surface area contributed by atoms with Gasteiger partial charge in [-0.25, -0.2) is 9.97 Å². The quantitative estimate of drug-likeness (QED) is 0.887. The maximum absolute atomic E-state index is 5.90. The standard InChI is InChI=1S/C15H25N3O/c1-5-15(3,19-6-2)14-17-12-10-8-7-9-11(12)13(16-4)18-14/h5-10H2,1-4H3,(H,16,17,18). The molecule has 0 bridgehead atoms. The van der Waals surface area contributed by atoms with Crippen LogP contribution in [0.4, 0.5) is 5.82 Å². The fraction of sp³-hybridized carbons (Fsp3) is 0.733. The van der Waals surface area contributed by atoms with Gasteiger partial charge in [0.1, 0.15) is 11.4 Å². The summed E-state index contributed by atoms with van der Waals surface area (Å²) in [5.41, 5.74) is 2.12. The second-order valence-corrected chi connectivity index (χ2v) is 5.30. The van der Waals surface area contributed by atoms with Crippen LogP contribution in [0.5, 0.6) is 0 Å². The van der Waals surface area contributed by atoms with Crippen molar-refractivity contribution in [2.24, 2.45) is 0 Å². The van der Waals surface area contributed by atoms with E-state index >= 15 is 0 Å². The summed E-state index contributed by atoms with van der Waals surface area (Å²) >= 11 is 0. The Kier molecular flexibility index (Phi) is 4.40. The normalized spacial score (nSPS) is 17.7. The van der Waals surface area contributed by atoms with E-state index in [4.69, 9.17) is 14.7 Å². The zero-order valence-electron chi connectivity index (χ0n) is 12.5. The van der Waals surface area contributed by atoms with E-state index in [1.807, 2.05) is 14.0 Å². The molecule has 0 spiro atoms. The Morgan fingerprint density at radius 1 is 1.21 bits per heavy atom. The molecule has 1 heterocycles. The summed E-state index contributed by atoms with van der Waals surface area (Å²) in [7, 11) is 1.94. The van der Waals surface area contributed by atoms with E-state index in [9.17, 15) is 0 Å². The fourth-order valence-corrected chi connectivity index (χ4v) is 2.68. The molecule has 0 saturated heterocycles. The molecule has 19 heavy (non-hydrogen) atoms. The molecular formula is C15H25N3O. The maximum atomic E-state index is 5.90. The van der Waals surface area contributed by atoms with Crippen molar-refractivity contribution in [2.45, 2.75) is 58.5 Å². The summed E-state index contributed by atoms with van der Waals surface area (Å²) in [5, 5.41) is 3.23. The number of aryl methyl sites for hydroxylation is 1. The third-order valence-corrected chi connectivity index (χ3v) is 4.03. The van der Waals surface area contributed by atoms with Crippen LogP contribution < -0.4 is 5.32 Å². The Labute approximate surface area is 116 Å². The summed E-state index contributed by atoms with van der Waals surface area (Å²) in [6, 6.07) is 0. The average molecular weight is 263 g/mol. The van der Waals surface area contributed by atoms with Gasteiger partial charge in [0, 0.05) is 24.9 Å². The number of ether oxygens (including phenoxy) is 1. The molecule has 1 aliphatic carbocycles. The number of rotatable bonds is 5. The van der Waals surface area contributed by atoms with Crippen molar-refractivity contribution in [3.05, 3.63) is 17.1 Å². The molecule has 106 valence electrons. The summed E-state index contributed by atoms with van der Waals surface area (Å²) in [6.45, 7) is 6.91. The molecule has 0 aromatic carbocycles. The third-order valence-electron chi connectivity index (χ3n) is 4.03. The number of nitrogens with one attached hydrogen (secondary N) is 1. The van der Waals surface area contributed by atoms with E-state index in [0.29, 0.717) is 6.61 Å². The van der Waals surface area contributed by atoms with E-state index < -0.39 is 0 Å².